The van der Waals surface area contributed by atoms with Crippen LogP contribution in [0.4, 0.5) is 16.6 Å². The number of hydrogen-bond donors (Lipinski definition) is 4. The minimum Gasteiger partial charge on any atom is -0.493 e. The Bertz CT molecular complexity index is 3230. The number of aromatic nitrogens is 4. The van der Waals surface area contributed by atoms with Gasteiger partial charge in [-0.2, -0.15) is 5.10 Å². The smallest absolute Gasteiger partial charge is 0.355 e. The number of rotatable bonds is 14. The second-order valence-electron chi connectivity index (χ2n) is 19.0. The molecular weight excluding hydrogens is 933 g/mol. The highest BCUT2D eigenvalue weighted by Crippen LogP contribution is 2.36. The van der Waals surface area contributed by atoms with Gasteiger partial charge >= 0.3 is 5.97 Å². The van der Waals surface area contributed by atoms with Crippen LogP contribution in [0.1, 0.15) is 82.3 Å². The van der Waals surface area contributed by atoms with Gasteiger partial charge in [-0.1, -0.05) is 47.7 Å². The van der Waals surface area contributed by atoms with Crippen molar-refractivity contribution in [2.75, 3.05) is 54.9 Å². The van der Waals surface area contributed by atoms with Gasteiger partial charge in [0.25, 0.3) is 5.91 Å². The molecule has 10 rings (SSSR count). The van der Waals surface area contributed by atoms with Crippen molar-refractivity contribution in [2.24, 2.45) is 7.05 Å². The normalized spacial score (nSPS) is 18.5. The highest BCUT2D eigenvalue weighted by Gasteiger charge is 2.33. The first-order valence-corrected chi connectivity index (χ1v) is 25.2. The number of nitrogens with one attached hydrogen (secondary N) is 3. The molecule has 17 nitrogen and oxygen atoms in total. The largest absolute Gasteiger partial charge is 0.493 e. The molecule has 3 aliphatic heterocycles. The lowest BCUT2D eigenvalue weighted by molar-refractivity contribution is -0.134. The number of amides is 4. The Labute approximate surface area is 420 Å². The van der Waals surface area contributed by atoms with E-state index < -0.39 is 11.9 Å². The summed E-state index contributed by atoms with van der Waals surface area (Å²) in [7, 11) is 1.80. The fraction of sp³-hybridized carbons (Fsp3) is 0.333. The highest BCUT2D eigenvalue weighted by molar-refractivity contribution is 7.22. The average Bonchev–Trinajstić information content (AvgIpc) is 3.93. The van der Waals surface area contributed by atoms with Crippen molar-refractivity contribution in [3.63, 3.8) is 0 Å². The van der Waals surface area contributed by atoms with Crippen molar-refractivity contribution >= 4 is 78.7 Å². The minimum absolute atomic E-state index is 0.0615. The number of pyridine rings is 1. The van der Waals surface area contributed by atoms with Gasteiger partial charge in [-0.15, -0.1) is 0 Å². The summed E-state index contributed by atoms with van der Waals surface area (Å²) in [6.07, 6.45) is 2.12. The van der Waals surface area contributed by atoms with Gasteiger partial charge in [0.05, 0.1) is 40.5 Å². The molecule has 2 fully saturated rings. The first kappa shape index (κ1) is 48.1. The van der Waals surface area contributed by atoms with Crippen LogP contribution in [0.25, 0.3) is 32.2 Å². The van der Waals surface area contributed by atoms with E-state index in [2.05, 4.69) is 49.7 Å². The van der Waals surface area contributed by atoms with Gasteiger partial charge in [-0.05, 0) is 117 Å². The van der Waals surface area contributed by atoms with Crippen LogP contribution in [0.3, 0.4) is 0 Å². The van der Waals surface area contributed by atoms with Crippen LogP contribution in [0.2, 0.25) is 0 Å². The Balaban J connectivity index is 0.728. The highest BCUT2D eigenvalue weighted by atomic mass is 32.1. The van der Waals surface area contributed by atoms with E-state index in [0.717, 1.165) is 69.4 Å². The number of hydrogen-bond acceptors (Lipinski definition) is 13. The quantitative estimate of drug-likeness (QED) is 0.0621. The topological polar surface area (TPSA) is 204 Å². The van der Waals surface area contributed by atoms with Gasteiger partial charge < -0.3 is 25.0 Å². The predicted octanol–water partition coefficient (Wildman–Crippen LogP) is 7.39. The molecule has 370 valence electrons. The SMILES string of the molecule is Cc1c(OCCCN2CC(C)N(CC(=O)Nc3ccc4c(C5CCC(=O)NC5=O)nn(C)c4c3)[C@@H](C)C2)cccc1-c1ccc(N2CCc3cccc(C(=O)Nc4nc5ccccc5s4)c3C2)nc1C(=O)O. The lowest BCUT2D eigenvalue weighted by atomic mass is 9.93. The van der Waals surface area contributed by atoms with E-state index in [4.69, 9.17) is 9.72 Å². The minimum atomic E-state index is -1.14. The first-order valence-electron chi connectivity index (χ1n) is 24.4. The lowest BCUT2D eigenvalue weighted by Gasteiger charge is -2.44. The summed E-state index contributed by atoms with van der Waals surface area (Å²) in [6, 6.07) is 28.6. The van der Waals surface area contributed by atoms with Gasteiger partial charge in [0, 0.05) is 80.5 Å². The zero-order valence-corrected chi connectivity index (χ0v) is 41.4. The van der Waals surface area contributed by atoms with E-state index in [1.54, 1.807) is 11.7 Å². The Morgan fingerprint density at radius 2 is 1.71 bits per heavy atom. The zero-order valence-electron chi connectivity index (χ0n) is 40.6. The average molecular weight is 989 g/mol. The van der Waals surface area contributed by atoms with Gasteiger partial charge in [-0.3, -0.25) is 39.4 Å². The summed E-state index contributed by atoms with van der Waals surface area (Å²) >= 11 is 1.42. The van der Waals surface area contributed by atoms with E-state index in [0.29, 0.717) is 71.7 Å². The van der Waals surface area contributed by atoms with Gasteiger partial charge in [0.15, 0.2) is 10.8 Å². The summed E-state index contributed by atoms with van der Waals surface area (Å²) in [5.74, 6) is -1.42. The molecule has 3 aromatic heterocycles. The number of carbonyl (C=O) groups is 5. The summed E-state index contributed by atoms with van der Waals surface area (Å²) in [5.41, 5.74) is 7.34. The van der Waals surface area contributed by atoms with Crippen LogP contribution in [-0.2, 0) is 34.4 Å². The maximum absolute atomic E-state index is 13.6. The number of imide groups is 1. The zero-order chi connectivity index (χ0) is 50.2. The Hall–Kier alpha value is -7.54. The summed E-state index contributed by atoms with van der Waals surface area (Å²) < 4.78 is 9.04. The lowest BCUT2D eigenvalue weighted by Crippen LogP contribution is -2.58. The summed E-state index contributed by atoms with van der Waals surface area (Å²) in [5, 5.41) is 24.9. The third-order valence-corrected chi connectivity index (χ3v) is 15.1. The fourth-order valence-corrected chi connectivity index (χ4v) is 11.4. The molecule has 7 aromatic rings. The summed E-state index contributed by atoms with van der Waals surface area (Å²) in [4.78, 5) is 80.1. The number of aryl methyl sites for hydroxylation is 1. The molecular formula is C54H56N10O7S. The number of carbonyl (C=O) groups excluding carboxylic acids is 4. The molecule has 3 atom stereocenters. The maximum Gasteiger partial charge on any atom is 0.355 e. The second kappa shape index (κ2) is 20.3. The van der Waals surface area contributed by atoms with Gasteiger partial charge in [-0.25, -0.2) is 14.8 Å². The van der Waals surface area contributed by atoms with E-state index in [-0.39, 0.29) is 54.4 Å². The number of aromatic carboxylic acids is 1. The van der Waals surface area contributed by atoms with Crippen molar-refractivity contribution in [3.05, 3.63) is 125 Å². The Morgan fingerprint density at radius 1 is 0.903 bits per heavy atom. The second-order valence-corrected chi connectivity index (χ2v) is 20.0. The van der Waals surface area contributed by atoms with E-state index in [9.17, 15) is 29.1 Å². The third-order valence-electron chi connectivity index (χ3n) is 14.1. The Kier molecular flexibility index (Phi) is 13.6. The van der Waals surface area contributed by atoms with Gasteiger partial charge in [0.1, 0.15) is 11.6 Å². The number of ether oxygens (including phenoxy) is 1. The monoisotopic (exact) mass is 988 g/mol. The molecule has 0 radical (unpaired) electrons. The third kappa shape index (κ3) is 9.89. The van der Waals surface area contributed by atoms with Crippen molar-refractivity contribution in [3.8, 4) is 16.9 Å². The van der Waals surface area contributed by atoms with Crippen molar-refractivity contribution in [2.45, 2.75) is 71.0 Å². The molecule has 72 heavy (non-hydrogen) atoms. The van der Waals surface area contributed by atoms with Crippen LogP contribution < -0.4 is 25.6 Å². The number of thiazole rings is 1. The molecule has 6 heterocycles. The molecule has 0 bridgehead atoms. The van der Waals surface area contributed by atoms with E-state index in [1.807, 2.05) is 103 Å². The number of nitrogens with zero attached hydrogens (tertiary/aromatic N) is 7. The van der Waals surface area contributed by atoms with Crippen LogP contribution in [0, 0.1) is 6.92 Å². The number of piperazine rings is 1. The number of para-hydroxylation sites is 1. The molecule has 4 aromatic carbocycles. The van der Waals surface area contributed by atoms with Crippen LogP contribution in [0.15, 0.2) is 91.0 Å². The molecule has 4 amide bonds. The molecule has 0 saturated carbocycles. The van der Waals surface area contributed by atoms with Gasteiger partial charge in [0.2, 0.25) is 17.7 Å². The van der Waals surface area contributed by atoms with Crippen LogP contribution in [0.5, 0.6) is 5.75 Å². The summed E-state index contributed by atoms with van der Waals surface area (Å²) in [6.45, 7) is 10.3. The molecule has 2 saturated heterocycles. The molecule has 0 aliphatic carbocycles. The van der Waals surface area contributed by atoms with Crippen molar-refractivity contribution in [1.82, 2.24) is 34.9 Å². The predicted molar refractivity (Wildman–Crippen MR) is 277 cm³/mol. The molecule has 18 heteroatoms. The van der Waals surface area contributed by atoms with E-state index >= 15 is 0 Å². The van der Waals surface area contributed by atoms with Crippen molar-refractivity contribution < 1.29 is 33.8 Å². The van der Waals surface area contributed by atoms with Crippen LogP contribution in [-0.4, -0.2) is 116 Å². The molecule has 3 aliphatic rings. The Morgan fingerprint density at radius 3 is 2.50 bits per heavy atom. The molecule has 4 N–H and O–H groups in total. The van der Waals surface area contributed by atoms with Crippen LogP contribution >= 0.6 is 11.3 Å². The molecule has 0 spiro atoms. The number of piperidine rings is 1. The number of benzene rings is 4. The number of carboxylic acids is 1. The standard InChI is InChI=1S/C54H56N10O7S/c1-31-27-62(28-32(2)64(31)30-48(66)55-35-16-17-39-43(26-35)61(4)60-49(39)40-19-21-47(65)58-52(40)68)23-9-25-71-44-14-8-11-36(33(44)3)37-18-20-46(57-50(37)53(69)70)63-24-22-34-10-7-12-38(41(34)29-63)51(67)59-54-56-42-13-5-6-15-45(42)72-54/h5-8,10-18,20,26,31-32,40H,9,19,21-25,27-30H2,1-4H3,(H,55,66)(H,69,70)(H,56,59,67)(H,58,65,68)/t31-,32?,40?/m0/s1. The molecule has 2 unspecified atom stereocenters. The number of carboxylic acid groups (broad SMARTS) is 1. The fourth-order valence-electron chi connectivity index (χ4n) is 10.5. The number of anilines is 3. The first-order chi connectivity index (χ1) is 34.8. The van der Waals surface area contributed by atoms with E-state index in [1.165, 1.54) is 11.3 Å². The maximum atomic E-state index is 13.6. The number of fused-ring (bicyclic) bond motifs is 3. The van der Waals surface area contributed by atoms with Crippen molar-refractivity contribution in [1.29, 1.82) is 0 Å².